The minimum absolute atomic E-state index is 0.0161. The molecule has 1 aromatic carbocycles. The molecule has 1 atom stereocenters. The van der Waals surface area contributed by atoms with Crippen molar-refractivity contribution < 1.29 is 14.7 Å². The lowest BCUT2D eigenvalue weighted by atomic mass is 9.88. The van der Waals surface area contributed by atoms with E-state index in [0.29, 0.717) is 5.02 Å². The SMILES string of the molecule is O=C(O)C[C@@H](NC(=O)C1CCCCC1)c1ccc(Cl)cc1. The normalized spacial score (nSPS) is 17.2. The van der Waals surface area contributed by atoms with Crippen LogP contribution >= 0.6 is 11.6 Å². The zero-order valence-electron chi connectivity index (χ0n) is 11.8. The fourth-order valence-electron chi connectivity index (χ4n) is 2.78. The highest BCUT2D eigenvalue weighted by atomic mass is 35.5. The van der Waals surface area contributed by atoms with Gasteiger partial charge in [-0.1, -0.05) is 43.0 Å². The van der Waals surface area contributed by atoms with Crippen LogP contribution in [-0.4, -0.2) is 17.0 Å². The van der Waals surface area contributed by atoms with Crippen molar-refractivity contribution in [3.63, 3.8) is 0 Å². The summed E-state index contributed by atoms with van der Waals surface area (Å²) in [5.41, 5.74) is 0.769. The lowest BCUT2D eigenvalue weighted by molar-refractivity contribution is -0.138. The third-order valence-electron chi connectivity index (χ3n) is 3.94. The van der Waals surface area contributed by atoms with Crippen LogP contribution in [0.1, 0.15) is 50.1 Å². The molecular formula is C16H20ClNO3. The molecule has 0 aromatic heterocycles. The molecule has 0 heterocycles. The lowest BCUT2D eigenvalue weighted by Gasteiger charge is -2.24. The number of carboxylic acids is 1. The molecule has 1 aliphatic carbocycles. The van der Waals surface area contributed by atoms with Crippen molar-refractivity contribution in [2.24, 2.45) is 5.92 Å². The summed E-state index contributed by atoms with van der Waals surface area (Å²) < 4.78 is 0. The molecule has 114 valence electrons. The van der Waals surface area contributed by atoms with Crippen molar-refractivity contribution in [3.05, 3.63) is 34.9 Å². The Morgan fingerprint density at radius 2 is 1.81 bits per heavy atom. The summed E-state index contributed by atoms with van der Waals surface area (Å²) in [6.07, 6.45) is 4.99. The van der Waals surface area contributed by atoms with Crippen LogP contribution in [0.3, 0.4) is 0 Å². The smallest absolute Gasteiger partial charge is 0.305 e. The van der Waals surface area contributed by atoms with Crippen LogP contribution in [0.2, 0.25) is 5.02 Å². The topological polar surface area (TPSA) is 66.4 Å². The van der Waals surface area contributed by atoms with E-state index in [0.717, 1.165) is 31.2 Å². The summed E-state index contributed by atoms with van der Waals surface area (Å²) in [6.45, 7) is 0. The van der Waals surface area contributed by atoms with Gasteiger partial charge in [0.05, 0.1) is 12.5 Å². The first-order chi connectivity index (χ1) is 10.1. The molecule has 0 aliphatic heterocycles. The fraction of sp³-hybridized carbons (Fsp3) is 0.500. The minimum atomic E-state index is -0.932. The zero-order valence-corrected chi connectivity index (χ0v) is 12.6. The van der Waals surface area contributed by atoms with Crippen molar-refractivity contribution >= 4 is 23.5 Å². The van der Waals surface area contributed by atoms with Gasteiger partial charge >= 0.3 is 5.97 Å². The lowest BCUT2D eigenvalue weighted by Crippen LogP contribution is -2.35. The first-order valence-electron chi connectivity index (χ1n) is 7.34. The number of nitrogens with one attached hydrogen (secondary N) is 1. The van der Waals surface area contributed by atoms with Gasteiger partial charge in [-0.05, 0) is 30.5 Å². The van der Waals surface area contributed by atoms with Crippen LogP contribution < -0.4 is 5.32 Å². The predicted octanol–water partition coefficient (Wildman–Crippen LogP) is 3.55. The number of hydrogen-bond donors (Lipinski definition) is 2. The molecule has 0 unspecified atom stereocenters. The number of rotatable bonds is 5. The average molecular weight is 310 g/mol. The Hall–Kier alpha value is -1.55. The highest BCUT2D eigenvalue weighted by Gasteiger charge is 2.25. The van der Waals surface area contributed by atoms with Gasteiger partial charge in [0.1, 0.15) is 0 Å². The van der Waals surface area contributed by atoms with Crippen LogP contribution in [0, 0.1) is 5.92 Å². The van der Waals surface area contributed by atoms with Gasteiger partial charge in [0.15, 0.2) is 0 Å². The summed E-state index contributed by atoms with van der Waals surface area (Å²) in [5, 5.41) is 12.5. The van der Waals surface area contributed by atoms with E-state index in [2.05, 4.69) is 5.32 Å². The number of amides is 1. The van der Waals surface area contributed by atoms with Crippen molar-refractivity contribution in [2.75, 3.05) is 0 Å². The molecule has 0 saturated heterocycles. The Kier molecular flexibility index (Phi) is 5.62. The number of carbonyl (C=O) groups excluding carboxylic acids is 1. The number of benzene rings is 1. The van der Waals surface area contributed by atoms with Crippen molar-refractivity contribution in [1.29, 1.82) is 0 Å². The van der Waals surface area contributed by atoms with Crippen LogP contribution in [0.25, 0.3) is 0 Å². The first-order valence-corrected chi connectivity index (χ1v) is 7.71. The highest BCUT2D eigenvalue weighted by molar-refractivity contribution is 6.30. The van der Waals surface area contributed by atoms with Gasteiger partial charge in [-0.3, -0.25) is 9.59 Å². The Bertz CT molecular complexity index is 495. The summed E-state index contributed by atoms with van der Waals surface area (Å²) >= 11 is 5.85. The second kappa shape index (κ2) is 7.46. The number of hydrogen-bond acceptors (Lipinski definition) is 2. The highest BCUT2D eigenvalue weighted by Crippen LogP contribution is 2.26. The Morgan fingerprint density at radius 1 is 1.19 bits per heavy atom. The number of carboxylic acid groups (broad SMARTS) is 1. The monoisotopic (exact) mass is 309 g/mol. The molecule has 2 N–H and O–H groups in total. The van der Waals surface area contributed by atoms with Crippen LogP contribution in [0.15, 0.2) is 24.3 Å². The maximum Gasteiger partial charge on any atom is 0.305 e. The molecular weight excluding hydrogens is 290 g/mol. The molecule has 0 radical (unpaired) electrons. The Labute approximate surface area is 129 Å². The molecule has 21 heavy (non-hydrogen) atoms. The minimum Gasteiger partial charge on any atom is -0.481 e. The van der Waals surface area contributed by atoms with E-state index in [1.54, 1.807) is 24.3 Å². The van der Waals surface area contributed by atoms with Gasteiger partial charge < -0.3 is 10.4 Å². The van der Waals surface area contributed by atoms with Crippen LogP contribution in [-0.2, 0) is 9.59 Å². The third-order valence-corrected chi connectivity index (χ3v) is 4.20. The summed E-state index contributed by atoms with van der Waals surface area (Å²) in [5.74, 6) is -0.947. The van der Waals surface area contributed by atoms with Crippen molar-refractivity contribution in [1.82, 2.24) is 5.32 Å². The van der Waals surface area contributed by atoms with Gasteiger partial charge in [-0.25, -0.2) is 0 Å². The molecule has 1 aliphatic rings. The summed E-state index contributed by atoms with van der Waals surface area (Å²) in [7, 11) is 0. The maximum atomic E-state index is 12.3. The Morgan fingerprint density at radius 3 is 2.38 bits per heavy atom. The zero-order chi connectivity index (χ0) is 15.2. The molecule has 5 heteroatoms. The standard InChI is InChI=1S/C16H20ClNO3/c17-13-8-6-11(7-9-13)14(10-15(19)20)18-16(21)12-4-2-1-3-5-12/h6-9,12,14H,1-5,10H2,(H,18,21)(H,19,20)/t14-/m1/s1. The van der Waals surface area contributed by atoms with E-state index in [-0.39, 0.29) is 18.2 Å². The van der Waals surface area contributed by atoms with E-state index < -0.39 is 12.0 Å². The number of aliphatic carboxylic acids is 1. The largest absolute Gasteiger partial charge is 0.481 e. The average Bonchev–Trinajstić information content (AvgIpc) is 2.48. The molecule has 4 nitrogen and oxygen atoms in total. The van der Waals surface area contributed by atoms with Gasteiger partial charge in [0.2, 0.25) is 5.91 Å². The maximum absolute atomic E-state index is 12.3. The molecule has 0 spiro atoms. The van der Waals surface area contributed by atoms with Gasteiger partial charge in [-0.15, -0.1) is 0 Å². The number of carbonyl (C=O) groups is 2. The first kappa shape index (κ1) is 15.8. The van der Waals surface area contributed by atoms with E-state index in [1.165, 1.54) is 6.42 Å². The molecule has 1 aromatic rings. The third kappa shape index (κ3) is 4.74. The van der Waals surface area contributed by atoms with E-state index in [1.807, 2.05) is 0 Å². The Balaban J connectivity index is 2.06. The van der Waals surface area contributed by atoms with Crippen LogP contribution in [0.5, 0.6) is 0 Å². The quantitative estimate of drug-likeness (QED) is 0.874. The molecule has 1 fully saturated rings. The number of halogens is 1. The van der Waals surface area contributed by atoms with E-state index in [9.17, 15) is 9.59 Å². The van der Waals surface area contributed by atoms with E-state index in [4.69, 9.17) is 16.7 Å². The molecule has 0 bridgehead atoms. The van der Waals surface area contributed by atoms with Crippen LogP contribution in [0.4, 0.5) is 0 Å². The van der Waals surface area contributed by atoms with Gasteiger partial charge in [0, 0.05) is 10.9 Å². The van der Waals surface area contributed by atoms with Crippen molar-refractivity contribution in [2.45, 2.75) is 44.6 Å². The summed E-state index contributed by atoms with van der Waals surface area (Å²) in [6, 6.07) is 6.43. The second-order valence-corrected chi connectivity index (χ2v) is 5.98. The summed E-state index contributed by atoms with van der Waals surface area (Å²) in [4.78, 5) is 23.3. The molecule has 1 saturated carbocycles. The van der Waals surface area contributed by atoms with Gasteiger partial charge in [0.25, 0.3) is 0 Å². The second-order valence-electron chi connectivity index (χ2n) is 5.55. The van der Waals surface area contributed by atoms with Crippen molar-refractivity contribution in [3.8, 4) is 0 Å². The predicted molar refractivity (Wildman–Crippen MR) is 81.2 cm³/mol. The van der Waals surface area contributed by atoms with Gasteiger partial charge in [-0.2, -0.15) is 0 Å². The van der Waals surface area contributed by atoms with E-state index >= 15 is 0 Å². The molecule has 1 amide bonds. The fourth-order valence-corrected chi connectivity index (χ4v) is 2.90. The molecule has 2 rings (SSSR count).